The summed E-state index contributed by atoms with van der Waals surface area (Å²) in [5.74, 6) is -0.275. The van der Waals surface area contributed by atoms with Crippen LogP contribution in [0.5, 0.6) is 0 Å². The summed E-state index contributed by atoms with van der Waals surface area (Å²) in [7, 11) is -3.57. The summed E-state index contributed by atoms with van der Waals surface area (Å²) in [5, 5.41) is 0. The fraction of sp³-hybridized carbons (Fsp3) is 0.278. The van der Waals surface area contributed by atoms with Crippen molar-refractivity contribution in [3.63, 3.8) is 0 Å². The Labute approximate surface area is 142 Å². The molecule has 0 radical (unpaired) electrons. The molecule has 0 aliphatic carbocycles. The predicted octanol–water partition coefficient (Wildman–Crippen LogP) is 2.83. The Morgan fingerprint density at radius 1 is 1.08 bits per heavy atom. The lowest BCUT2D eigenvalue weighted by molar-refractivity contribution is -0.142. The zero-order valence-corrected chi connectivity index (χ0v) is 14.5. The number of carbonyl (C=O) groups is 1. The van der Waals surface area contributed by atoms with Crippen LogP contribution in [-0.2, 0) is 26.0 Å². The van der Waals surface area contributed by atoms with Gasteiger partial charge in [0.25, 0.3) is 0 Å². The molecule has 1 N–H and O–H groups in total. The van der Waals surface area contributed by atoms with Crippen molar-refractivity contribution in [2.24, 2.45) is 0 Å². The Balaban J connectivity index is 2.05. The maximum absolute atomic E-state index is 12.3. The number of hydrogen-bond donors (Lipinski definition) is 1. The van der Waals surface area contributed by atoms with Crippen molar-refractivity contribution in [3.8, 4) is 0 Å². The van der Waals surface area contributed by atoms with Crippen molar-refractivity contribution in [1.82, 2.24) is 4.72 Å². The molecule has 0 heterocycles. The van der Waals surface area contributed by atoms with Gasteiger partial charge in [-0.15, -0.1) is 0 Å². The zero-order chi connectivity index (χ0) is 17.6. The zero-order valence-electron chi connectivity index (χ0n) is 13.7. The summed E-state index contributed by atoms with van der Waals surface area (Å²) in [6.07, 6.45) is 0.207. The lowest BCUT2D eigenvalue weighted by Crippen LogP contribution is -2.26. The van der Waals surface area contributed by atoms with Crippen LogP contribution in [0, 0.1) is 0 Å². The molecule has 5 nitrogen and oxygen atoms in total. The summed E-state index contributed by atoms with van der Waals surface area (Å²) in [6, 6.07) is 15.1. The van der Waals surface area contributed by atoms with Gasteiger partial charge in [-0.05, 0) is 37.1 Å². The number of rotatable bonds is 7. The van der Waals surface area contributed by atoms with Crippen LogP contribution in [0.15, 0.2) is 59.5 Å². The number of carbonyl (C=O) groups excluding carboxylic acids is 1. The van der Waals surface area contributed by atoms with Gasteiger partial charge in [0.2, 0.25) is 10.0 Å². The van der Waals surface area contributed by atoms with Crippen LogP contribution in [0.1, 0.15) is 31.0 Å². The topological polar surface area (TPSA) is 72.5 Å². The maximum Gasteiger partial charge on any atom is 0.310 e. The first-order valence-electron chi connectivity index (χ1n) is 7.74. The molecule has 0 aliphatic rings. The standard InChI is InChI=1S/C18H21NO4S/c1-3-23-18(20)13-15-9-11-16(12-10-15)14(2)19-24(21,22)17-7-5-4-6-8-17/h4-12,14,19H,3,13H2,1-2H3. The monoisotopic (exact) mass is 347 g/mol. The number of nitrogens with one attached hydrogen (secondary N) is 1. The van der Waals surface area contributed by atoms with Gasteiger partial charge in [-0.1, -0.05) is 42.5 Å². The van der Waals surface area contributed by atoms with Crippen LogP contribution in [-0.4, -0.2) is 21.0 Å². The van der Waals surface area contributed by atoms with E-state index < -0.39 is 10.0 Å². The Morgan fingerprint density at radius 2 is 1.71 bits per heavy atom. The van der Waals surface area contributed by atoms with E-state index in [2.05, 4.69) is 4.72 Å². The maximum atomic E-state index is 12.3. The highest BCUT2D eigenvalue weighted by atomic mass is 32.2. The van der Waals surface area contributed by atoms with Crippen LogP contribution < -0.4 is 4.72 Å². The van der Waals surface area contributed by atoms with Crippen LogP contribution >= 0.6 is 0 Å². The van der Waals surface area contributed by atoms with Crippen LogP contribution in [0.25, 0.3) is 0 Å². The minimum absolute atomic E-state index is 0.207. The summed E-state index contributed by atoms with van der Waals surface area (Å²) >= 11 is 0. The van der Waals surface area contributed by atoms with E-state index >= 15 is 0 Å². The van der Waals surface area contributed by atoms with Crippen LogP contribution in [0.3, 0.4) is 0 Å². The molecule has 2 aromatic carbocycles. The molecule has 0 amide bonds. The Hall–Kier alpha value is -2.18. The van der Waals surface area contributed by atoms with Crippen molar-refractivity contribution >= 4 is 16.0 Å². The summed E-state index contributed by atoms with van der Waals surface area (Å²) in [4.78, 5) is 11.7. The van der Waals surface area contributed by atoms with Gasteiger partial charge in [-0.3, -0.25) is 4.79 Å². The first-order chi connectivity index (χ1) is 11.4. The van der Waals surface area contributed by atoms with Gasteiger partial charge < -0.3 is 4.74 Å². The van der Waals surface area contributed by atoms with Crippen molar-refractivity contribution in [3.05, 3.63) is 65.7 Å². The van der Waals surface area contributed by atoms with Gasteiger partial charge in [0.05, 0.1) is 17.9 Å². The molecule has 0 aliphatic heterocycles. The van der Waals surface area contributed by atoms with Crippen LogP contribution in [0.2, 0.25) is 0 Å². The van der Waals surface area contributed by atoms with Crippen molar-refractivity contribution in [1.29, 1.82) is 0 Å². The van der Waals surface area contributed by atoms with Gasteiger partial charge >= 0.3 is 5.97 Å². The van der Waals surface area contributed by atoms with E-state index in [0.717, 1.165) is 11.1 Å². The molecule has 24 heavy (non-hydrogen) atoms. The molecule has 2 rings (SSSR count). The highest BCUT2D eigenvalue weighted by Crippen LogP contribution is 2.17. The molecular formula is C18H21NO4S. The van der Waals surface area contributed by atoms with E-state index in [1.165, 1.54) is 0 Å². The number of benzene rings is 2. The third kappa shape index (κ3) is 4.91. The Kier molecular flexibility index (Phi) is 6.11. The molecule has 2 aromatic rings. The van der Waals surface area contributed by atoms with Gasteiger partial charge in [-0.2, -0.15) is 0 Å². The lowest BCUT2D eigenvalue weighted by Gasteiger charge is -2.15. The van der Waals surface area contributed by atoms with E-state index in [9.17, 15) is 13.2 Å². The van der Waals surface area contributed by atoms with Gasteiger partial charge in [-0.25, -0.2) is 13.1 Å². The van der Waals surface area contributed by atoms with Crippen LogP contribution in [0.4, 0.5) is 0 Å². The molecule has 0 fully saturated rings. The lowest BCUT2D eigenvalue weighted by atomic mass is 10.1. The highest BCUT2D eigenvalue weighted by molar-refractivity contribution is 7.89. The van der Waals surface area contributed by atoms with E-state index in [1.54, 1.807) is 56.3 Å². The number of ether oxygens (including phenoxy) is 1. The summed E-state index contributed by atoms with van der Waals surface area (Å²) in [6.45, 7) is 3.90. The molecule has 0 saturated heterocycles. The second kappa shape index (κ2) is 8.08. The van der Waals surface area contributed by atoms with E-state index in [1.807, 2.05) is 12.1 Å². The molecular weight excluding hydrogens is 326 g/mol. The van der Waals surface area contributed by atoms with Crippen molar-refractivity contribution in [2.45, 2.75) is 31.2 Å². The molecule has 6 heteroatoms. The van der Waals surface area contributed by atoms with E-state index in [-0.39, 0.29) is 23.3 Å². The SMILES string of the molecule is CCOC(=O)Cc1ccc(C(C)NS(=O)(=O)c2ccccc2)cc1. The second-order valence-corrected chi connectivity index (χ2v) is 7.09. The Bertz CT molecular complexity index is 770. The Morgan fingerprint density at radius 3 is 2.29 bits per heavy atom. The summed E-state index contributed by atoms with van der Waals surface area (Å²) < 4.78 is 32.2. The van der Waals surface area contributed by atoms with E-state index in [4.69, 9.17) is 4.74 Å². The highest BCUT2D eigenvalue weighted by Gasteiger charge is 2.18. The minimum Gasteiger partial charge on any atom is -0.466 e. The quantitative estimate of drug-likeness (QED) is 0.782. The average molecular weight is 347 g/mol. The molecule has 1 unspecified atom stereocenters. The first kappa shape index (κ1) is 18.2. The third-order valence-electron chi connectivity index (χ3n) is 3.52. The number of sulfonamides is 1. The largest absolute Gasteiger partial charge is 0.466 e. The molecule has 0 bridgehead atoms. The number of hydrogen-bond acceptors (Lipinski definition) is 4. The van der Waals surface area contributed by atoms with Gasteiger partial charge in [0.1, 0.15) is 0 Å². The molecule has 0 saturated carbocycles. The van der Waals surface area contributed by atoms with Gasteiger partial charge in [0.15, 0.2) is 0 Å². The van der Waals surface area contributed by atoms with Gasteiger partial charge in [0, 0.05) is 6.04 Å². The first-order valence-corrected chi connectivity index (χ1v) is 9.22. The average Bonchev–Trinajstić information content (AvgIpc) is 2.56. The molecule has 0 spiro atoms. The molecule has 0 aromatic heterocycles. The van der Waals surface area contributed by atoms with Crippen molar-refractivity contribution in [2.75, 3.05) is 6.61 Å². The fourth-order valence-electron chi connectivity index (χ4n) is 2.27. The normalized spacial score (nSPS) is 12.6. The fourth-order valence-corrected chi connectivity index (χ4v) is 3.52. The summed E-state index contributed by atoms with van der Waals surface area (Å²) in [5.41, 5.74) is 1.65. The molecule has 128 valence electrons. The smallest absolute Gasteiger partial charge is 0.310 e. The minimum atomic E-state index is -3.57. The third-order valence-corrected chi connectivity index (χ3v) is 5.08. The molecule has 1 atom stereocenters. The second-order valence-electron chi connectivity index (χ2n) is 5.38. The van der Waals surface area contributed by atoms with Crippen molar-refractivity contribution < 1.29 is 17.9 Å². The predicted molar refractivity (Wildman–Crippen MR) is 92.0 cm³/mol. The van der Waals surface area contributed by atoms with E-state index in [0.29, 0.717) is 6.61 Å². The number of esters is 1.